The first kappa shape index (κ1) is 15.4. The first-order valence-electron chi connectivity index (χ1n) is 6.96. The third-order valence-corrected chi connectivity index (χ3v) is 3.88. The Morgan fingerprint density at radius 3 is 2.44 bits per heavy atom. The summed E-state index contributed by atoms with van der Waals surface area (Å²) in [6.45, 7) is 4.04. The zero-order chi connectivity index (χ0) is 13.6. The summed E-state index contributed by atoms with van der Waals surface area (Å²) in [4.78, 5) is 11.6. The summed E-state index contributed by atoms with van der Waals surface area (Å²) in [6, 6.07) is 0.407. The van der Waals surface area contributed by atoms with Gasteiger partial charge in [0.2, 0.25) is 0 Å². The molecule has 1 fully saturated rings. The van der Waals surface area contributed by atoms with E-state index in [4.69, 9.17) is 9.84 Å². The zero-order valence-corrected chi connectivity index (χ0v) is 11.9. The number of carbonyl (C=O) groups is 1. The van der Waals surface area contributed by atoms with Gasteiger partial charge in [-0.25, -0.2) is 0 Å². The van der Waals surface area contributed by atoms with E-state index in [9.17, 15) is 4.79 Å². The standard InChI is InChI=1S/C14H27NO3/c1-14(2,13(17)18-3)15-12-8-6-11(7-9-12)5-4-10-16/h11-12,15-16H,4-10H2,1-3H3. The van der Waals surface area contributed by atoms with Gasteiger partial charge in [-0.05, 0) is 58.3 Å². The molecule has 0 aromatic carbocycles. The smallest absolute Gasteiger partial charge is 0.325 e. The molecule has 0 aromatic heterocycles. The number of hydrogen-bond acceptors (Lipinski definition) is 4. The molecule has 1 saturated carbocycles. The maximum atomic E-state index is 11.6. The summed E-state index contributed by atoms with van der Waals surface area (Å²) in [6.07, 6.45) is 6.64. The van der Waals surface area contributed by atoms with Gasteiger partial charge in [0.15, 0.2) is 0 Å². The van der Waals surface area contributed by atoms with Gasteiger partial charge in [-0.1, -0.05) is 0 Å². The second-order valence-corrected chi connectivity index (χ2v) is 5.84. The van der Waals surface area contributed by atoms with Gasteiger partial charge in [0.25, 0.3) is 0 Å². The fourth-order valence-electron chi connectivity index (χ4n) is 2.80. The van der Waals surface area contributed by atoms with E-state index < -0.39 is 5.54 Å². The molecule has 106 valence electrons. The van der Waals surface area contributed by atoms with E-state index >= 15 is 0 Å². The van der Waals surface area contributed by atoms with Crippen LogP contribution in [0.15, 0.2) is 0 Å². The molecule has 1 rings (SSSR count). The molecule has 0 heterocycles. The molecule has 0 unspecified atom stereocenters. The second kappa shape index (κ2) is 7.10. The van der Waals surface area contributed by atoms with Crippen molar-refractivity contribution in [2.45, 2.75) is 64.0 Å². The predicted molar refractivity (Wildman–Crippen MR) is 71.3 cm³/mol. The van der Waals surface area contributed by atoms with Crippen molar-refractivity contribution in [3.63, 3.8) is 0 Å². The Hall–Kier alpha value is -0.610. The third-order valence-electron chi connectivity index (χ3n) is 3.88. The monoisotopic (exact) mass is 257 g/mol. The van der Waals surface area contributed by atoms with Crippen LogP contribution < -0.4 is 5.32 Å². The van der Waals surface area contributed by atoms with Crippen molar-refractivity contribution in [1.29, 1.82) is 0 Å². The van der Waals surface area contributed by atoms with E-state index in [2.05, 4.69) is 5.32 Å². The van der Waals surface area contributed by atoms with Crippen LogP contribution in [0.1, 0.15) is 52.4 Å². The van der Waals surface area contributed by atoms with E-state index in [-0.39, 0.29) is 5.97 Å². The van der Waals surface area contributed by atoms with Crippen LogP contribution in [-0.2, 0) is 9.53 Å². The fourth-order valence-corrected chi connectivity index (χ4v) is 2.80. The van der Waals surface area contributed by atoms with Crippen molar-refractivity contribution >= 4 is 5.97 Å². The number of hydrogen-bond donors (Lipinski definition) is 2. The number of nitrogens with one attached hydrogen (secondary N) is 1. The summed E-state index contributed by atoms with van der Waals surface area (Å²) in [5.74, 6) is 0.543. The van der Waals surface area contributed by atoms with Crippen LogP contribution in [0, 0.1) is 5.92 Å². The van der Waals surface area contributed by atoms with Gasteiger partial charge in [-0.2, -0.15) is 0 Å². The van der Waals surface area contributed by atoms with Crippen molar-refractivity contribution in [1.82, 2.24) is 5.32 Å². The normalized spacial score (nSPS) is 24.9. The van der Waals surface area contributed by atoms with E-state index in [1.165, 1.54) is 20.0 Å². The van der Waals surface area contributed by atoms with Crippen LogP contribution in [0.3, 0.4) is 0 Å². The molecule has 0 bridgehead atoms. The summed E-state index contributed by atoms with van der Waals surface area (Å²) >= 11 is 0. The third kappa shape index (κ3) is 4.58. The minimum atomic E-state index is -0.600. The molecule has 1 aliphatic carbocycles. The fraction of sp³-hybridized carbons (Fsp3) is 0.929. The highest BCUT2D eigenvalue weighted by molar-refractivity contribution is 5.79. The lowest BCUT2D eigenvalue weighted by Gasteiger charge is -2.34. The topological polar surface area (TPSA) is 58.6 Å². The van der Waals surface area contributed by atoms with Gasteiger partial charge in [0.1, 0.15) is 5.54 Å². The molecule has 0 radical (unpaired) electrons. The molecular formula is C14H27NO3. The molecule has 0 aromatic rings. The van der Waals surface area contributed by atoms with E-state index in [0.717, 1.165) is 31.6 Å². The molecule has 0 aliphatic heterocycles. The number of ether oxygens (including phenoxy) is 1. The van der Waals surface area contributed by atoms with Gasteiger partial charge < -0.3 is 9.84 Å². The van der Waals surface area contributed by atoms with E-state index in [1.54, 1.807) is 0 Å². The lowest BCUT2D eigenvalue weighted by atomic mass is 9.82. The Balaban J connectivity index is 2.33. The van der Waals surface area contributed by atoms with Crippen molar-refractivity contribution < 1.29 is 14.6 Å². The minimum absolute atomic E-state index is 0.204. The summed E-state index contributed by atoms with van der Waals surface area (Å²) < 4.78 is 4.80. The number of esters is 1. The van der Waals surface area contributed by atoms with Crippen LogP contribution in [-0.4, -0.2) is 36.4 Å². The largest absolute Gasteiger partial charge is 0.468 e. The highest BCUT2D eigenvalue weighted by atomic mass is 16.5. The molecule has 1 aliphatic rings. The minimum Gasteiger partial charge on any atom is -0.468 e. The first-order chi connectivity index (χ1) is 8.49. The lowest BCUT2D eigenvalue weighted by Crippen LogP contribution is -2.52. The van der Waals surface area contributed by atoms with Crippen molar-refractivity contribution in [2.24, 2.45) is 5.92 Å². The average Bonchev–Trinajstić information content (AvgIpc) is 2.36. The SMILES string of the molecule is COC(=O)C(C)(C)NC1CCC(CCCO)CC1. The Labute approximate surface area is 110 Å². The maximum absolute atomic E-state index is 11.6. The summed E-state index contributed by atoms with van der Waals surface area (Å²) in [5.41, 5.74) is -0.600. The molecule has 4 nitrogen and oxygen atoms in total. The second-order valence-electron chi connectivity index (χ2n) is 5.84. The van der Waals surface area contributed by atoms with Crippen LogP contribution in [0.4, 0.5) is 0 Å². The van der Waals surface area contributed by atoms with Crippen LogP contribution >= 0.6 is 0 Å². The Bertz CT molecular complexity index is 258. The van der Waals surface area contributed by atoms with Gasteiger partial charge in [0, 0.05) is 12.6 Å². The highest BCUT2D eigenvalue weighted by Gasteiger charge is 2.32. The maximum Gasteiger partial charge on any atom is 0.325 e. The molecule has 0 saturated heterocycles. The Kier molecular flexibility index (Phi) is 6.09. The van der Waals surface area contributed by atoms with Gasteiger partial charge in [-0.15, -0.1) is 0 Å². The van der Waals surface area contributed by atoms with Crippen LogP contribution in [0.5, 0.6) is 0 Å². The Morgan fingerprint density at radius 2 is 1.94 bits per heavy atom. The van der Waals surface area contributed by atoms with Gasteiger partial charge >= 0.3 is 5.97 Å². The Morgan fingerprint density at radius 1 is 1.33 bits per heavy atom. The number of rotatable bonds is 6. The summed E-state index contributed by atoms with van der Waals surface area (Å²) in [7, 11) is 1.43. The van der Waals surface area contributed by atoms with Gasteiger partial charge in [-0.3, -0.25) is 10.1 Å². The van der Waals surface area contributed by atoms with Crippen molar-refractivity contribution in [2.75, 3.05) is 13.7 Å². The summed E-state index contributed by atoms with van der Waals surface area (Å²) in [5, 5.41) is 12.2. The van der Waals surface area contributed by atoms with E-state index in [1.807, 2.05) is 13.8 Å². The number of carbonyl (C=O) groups excluding carboxylic acids is 1. The van der Waals surface area contributed by atoms with Crippen LogP contribution in [0.25, 0.3) is 0 Å². The highest BCUT2D eigenvalue weighted by Crippen LogP contribution is 2.28. The van der Waals surface area contributed by atoms with Crippen LogP contribution in [0.2, 0.25) is 0 Å². The molecule has 4 heteroatoms. The predicted octanol–water partition coefficient (Wildman–Crippen LogP) is 1.86. The quantitative estimate of drug-likeness (QED) is 0.713. The lowest BCUT2D eigenvalue weighted by molar-refractivity contribution is -0.147. The number of aliphatic hydroxyl groups excluding tert-OH is 1. The molecule has 0 spiro atoms. The zero-order valence-electron chi connectivity index (χ0n) is 11.9. The average molecular weight is 257 g/mol. The molecule has 0 atom stereocenters. The number of aliphatic hydroxyl groups is 1. The number of methoxy groups -OCH3 is 1. The molecular weight excluding hydrogens is 230 g/mol. The van der Waals surface area contributed by atoms with Crippen molar-refractivity contribution in [3.05, 3.63) is 0 Å². The first-order valence-corrected chi connectivity index (χ1v) is 6.96. The molecule has 2 N–H and O–H groups in total. The van der Waals surface area contributed by atoms with Crippen molar-refractivity contribution in [3.8, 4) is 0 Å². The van der Waals surface area contributed by atoms with E-state index in [0.29, 0.717) is 12.6 Å². The molecule has 18 heavy (non-hydrogen) atoms. The molecule has 0 amide bonds. The van der Waals surface area contributed by atoms with Gasteiger partial charge in [0.05, 0.1) is 7.11 Å².